The van der Waals surface area contributed by atoms with Gasteiger partial charge in [-0.2, -0.15) is 5.10 Å². The molecule has 1 aromatic heterocycles. The molecular weight excluding hydrogens is 398 g/mol. The zero-order valence-corrected chi connectivity index (χ0v) is 18.0. The Morgan fingerprint density at radius 2 is 1.86 bits per heavy atom. The number of rotatable bonds is 8. The molecule has 2 rings (SSSR count). The molecule has 0 bridgehead atoms. The minimum atomic E-state index is -0.644. The van der Waals surface area contributed by atoms with Gasteiger partial charge in [-0.1, -0.05) is 25.4 Å². The van der Waals surface area contributed by atoms with Gasteiger partial charge in [-0.15, -0.1) is 0 Å². The van der Waals surface area contributed by atoms with Gasteiger partial charge in [-0.3, -0.25) is 14.7 Å². The quantitative estimate of drug-likeness (QED) is 0.568. The van der Waals surface area contributed by atoms with E-state index in [4.69, 9.17) is 23.8 Å². The average molecular weight is 424 g/mol. The first-order valence-electron chi connectivity index (χ1n) is 9.20. The molecule has 0 saturated heterocycles. The number of aromatic nitrogens is 3. The van der Waals surface area contributed by atoms with Gasteiger partial charge in [0.15, 0.2) is 4.77 Å². The summed E-state index contributed by atoms with van der Waals surface area (Å²) in [6.07, 6.45) is 0.535. The lowest BCUT2D eigenvalue weighted by Crippen LogP contribution is -2.50. The monoisotopic (exact) mass is 423 g/mol. The second-order valence-electron chi connectivity index (χ2n) is 7.15. The molecule has 9 heteroatoms. The van der Waals surface area contributed by atoms with Crippen molar-refractivity contribution >= 4 is 35.6 Å². The van der Waals surface area contributed by atoms with Crippen molar-refractivity contribution in [3.63, 3.8) is 0 Å². The predicted octanol–water partition coefficient (Wildman–Crippen LogP) is 3.29. The van der Waals surface area contributed by atoms with Crippen molar-refractivity contribution < 1.29 is 9.59 Å². The van der Waals surface area contributed by atoms with E-state index in [1.54, 1.807) is 24.3 Å². The molecule has 152 valence electrons. The maximum absolute atomic E-state index is 12.6. The van der Waals surface area contributed by atoms with Crippen molar-refractivity contribution in [2.75, 3.05) is 6.54 Å². The lowest BCUT2D eigenvalue weighted by Gasteiger charge is -2.22. The Labute approximate surface area is 174 Å². The van der Waals surface area contributed by atoms with Gasteiger partial charge in [-0.05, 0) is 56.2 Å². The second kappa shape index (κ2) is 9.84. The van der Waals surface area contributed by atoms with Crippen LogP contribution in [-0.4, -0.2) is 39.2 Å². The van der Waals surface area contributed by atoms with Gasteiger partial charge in [0.2, 0.25) is 5.91 Å². The van der Waals surface area contributed by atoms with Crippen LogP contribution in [0.2, 0.25) is 5.02 Å². The van der Waals surface area contributed by atoms with E-state index in [9.17, 15) is 9.59 Å². The molecule has 0 aliphatic rings. The Morgan fingerprint density at radius 1 is 1.21 bits per heavy atom. The van der Waals surface area contributed by atoms with Crippen LogP contribution in [0.25, 0.3) is 0 Å². The van der Waals surface area contributed by atoms with Crippen LogP contribution in [0.1, 0.15) is 49.9 Å². The second-order valence-corrected chi connectivity index (χ2v) is 7.97. The Morgan fingerprint density at radius 3 is 2.43 bits per heavy atom. The third-order valence-electron chi connectivity index (χ3n) is 4.28. The molecule has 0 aliphatic heterocycles. The zero-order chi connectivity index (χ0) is 20.8. The number of nitrogens with zero attached hydrogens (tertiary/aromatic N) is 2. The van der Waals surface area contributed by atoms with Crippen LogP contribution in [0.15, 0.2) is 24.3 Å². The SMILES string of the molecule is CC(C)C(NC(=O)c1ccc(Cl)cc1)C(=O)NCCc1n[nH]c(=S)n1C(C)C. The highest BCUT2D eigenvalue weighted by atomic mass is 35.5. The van der Waals surface area contributed by atoms with Gasteiger partial charge in [0.25, 0.3) is 5.91 Å². The van der Waals surface area contributed by atoms with Gasteiger partial charge in [0.05, 0.1) is 0 Å². The maximum Gasteiger partial charge on any atom is 0.251 e. The van der Waals surface area contributed by atoms with E-state index >= 15 is 0 Å². The molecule has 1 heterocycles. The summed E-state index contributed by atoms with van der Waals surface area (Å²) in [6.45, 7) is 8.21. The summed E-state index contributed by atoms with van der Waals surface area (Å²) in [5.41, 5.74) is 0.454. The molecule has 0 radical (unpaired) electrons. The third kappa shape index (κ3) is 5.65. The van der Waals surface area contributed by atoms with Crippen LogP contribution in [0.3, 0.4) is 0 Å². The highest BCUT2D eigenvalue weighted by molar-refractivity contribution is 7.71. The number of hydrogen-bond donors (Lipinski definition) is 3. The largest absolute Gasteiger partial charge is 0.354 e. The number of hydrogen-bond acceptors (Lipinski definition) is 4. The lowest BCUT2D eigenvalue weighted by atomic mass is 10.0. The fraction of sp³-hybridized carbons (Fsp3) is 0.474. The molecular formula is C19H26ClN5O2S. The number of benzene rings is 1. The van der Waals surface area contributed by atoms with E-state index in [1.165, 1.54) is 0 Å². The van der Waals surface area contributed by atoms with Crippen LogP contribution >= 0.6 is 23.8 Å². The van der Waals surface area contributed by atoms with E-state index < -0.39 is 6.04 Å². The number of nitrogens with one attached hydrogen (secondary N) is 3. The Bertz CT molecular complexity index is 873. The van der Waals surface area contributed by atoms with Crippen molar-refractivity contribution in [2.24, 2.45) is 5.92 Å². The van der Waals surface area contributed by atoms with E-state index in [2.05, 4.69) is 20.8 Å². The van der Waals surface area contributed by atoms with Gasteiger partial charge in [0.1, 0.15) is 11.9 Å². The van der Waals surface area contributed by atoms with Crippen molar-refractivity contribution in [1.82, 2.24) is 25.4 Å². The van der Waals surface area contributed by atoms with Crippen LogP contribution in [-0.2, 0) is 11.2 Å². The Hall–Kier alpha value is -2.19. The number of H-pyrrole nitrogens is 1. The number of halogens is 1. The minimum Gasteiger partial charge on any atom is -0.354 e. The predicted molar refractivity (Wildman–Crippen MR) is 112 cm³/mol. The molecule has 1 unspecified atom stereocenters. The number of carbonyl (C=O) groups excluding carboxylic acids is 2. The van der Waals surface area contributed by atoms with Crippen LogP contribution in [0, 0.1) is 10.7 Å². The van der Waals surface area contributed by atoms with Crippen molar-refractivity contribution in [3.05, 3.63) is 45.4 Å². The minimum absolute atomic E-state index is 0.0681. The number of aromatic amines is 1. The van der Waals surface area contributed by atoms with E-state index in [-0.39, 0.29) is 23.8 Å². The molecule has 1 atom stereocenters. The van der Waals surface area contributed by atoms with E-state index in [0.29, 0.717) is 28.3 Å². The molecule has 7 nitrogen and oxygen atoms in total. The van der Waals surface area contributed by atoms with Gasteiger partial charge >= 0.3 is 0 Å². The fourth-order valence-electron chi connectivity index (χ4n) is 2.81. The highest BCUT2D eigenvalue weighted by Crippen LogP contribution is 2.11. The van der Waals surface area contributed by atoms with Gasteiger partial charge < -0.3 is 15.2 Å². The average Bonchev–Trinajstić information content (AvgIpc) is 3.00. The summed E-state index contributed by atoms with van der Waals surface area (Å²) in [4.78, 5) is 25.0. The summed E-state index contributed by atoms with van der Waals surface area (Å²) in [5.74, 6) is 0.168. The molecule has 0 spiro atoms. The van der Waals surface area contributed by atoms with Crippen LogP contribution < -0.4 is 10.6 Å². The standard InChI is InChI=1S/C19H26ClN5O2S/c1-11(2)16(22-17(26)13-5-7-14(20)8-6-13)18(27)21-10-9-15-23-24-19(28)25(15)12(3)4/h5-8,11-12,16H,9-10H2,1-4H3,(H,21,27)(H,22,26)(H,24,28). The Kier molecular flexibility index (Phi) is 7.77. The molecule has 1 aromatic carbocycles. The molecule has 0 fully saturated rings. The van der Waals surface area contributed by atoms with Crippen LogP contribution in [0.4, 0.5) is 0 Å². The lowest BCUT2D eigenvalue weighted by molar-refractivity contribution is -0.123. The first-order chi connectivity index (χ1) is 13.2. The van der Waals surface area contributed by atoms with E-state index in [0.717, 1.165) is 5.82 Å². The van der Waals surface area contributed by atoms with Crippen molar-refractivity contribution in [2.45, 2.75) is 46.2 Å². The van der Waals surface area contributed by atoms with Crippen molar-refractivity contribution in [3.8, 4) is 0 Å². The van der Waals surface area contributed by atoms with Crippen LogP contribution in [0.5, 0.6) is 0 Å². The summed E-state index contributed by atoms with van der Waals surface area (Å²) < 4.78 is 2.48. The normalized spacial score (nSPS) is 12.2. The van der Waals surface area contributed by atoms with Gasteiger partial charge in [0, 0.05) is 29.6 Å². The number of amides is 2. The number of carbonyl (C=O) groups is 2. The molecule has 2 amide bonds. The molecule has 0 saturated carbocycles. The first kappa shape index (κ1) is 22.1. The molecule has 2 aromatic rings. The fourth-order valence-corrected chi connectivity index (χ4v) is 3.30. The highest BCUT2D eigenvalue weighted by Gasteiger charge is 2.24. The Balaban J connectivity index is 1.97. The summed E-state index contributed by atoms with van der Waals surface area (Å²) in [6, 6.07) is 6.07. The third-order valence-corrected chi connectivity index (χ3v) is 4.82. The summed E-state index contributed by atoms with van der Waals surface area (Å²) >= 11 is 11.1. The van der Waals surface area contributed by atoms with Gasteiger partial charge in [-0.25, -0.2) is 0 Å². The van der Waals surface area contributed by atoms with E-state index in [1.807, 2.05) is 32.3 Å². The topological polar surface area (TPSA) is 91.8 Å². The summed E-state index contributed by atoms with van der Waals surface area (Å²) in [7, 11) is 0. The smallest absolute Gasteiger partial charge is 0.251 e. The summed E-state index contributed by atoms with van der Waals surface area (Å²) in [5, 5.41) is 13.2. The molecule has 28 heavy (non-hydrogen) atoms. The maximum atomic E-state index is 12.6. The van der Waals surface area contributed by atoms with Crippen molar-refractivity contribution in [1.29, 1.82) is 0 Å². The molecule has 0 aliphatic carbocycles. The zero-order valence-electron chi connectivity index (χ0n) is 16.5. The first-order valence-corrected chi connectivity index (χ1v) is 9.99. The molecule has 3 N–H and O–H groups in total.